The first-order valence-electron chi connectivity index (χ1n) is 6.72. The van der Waals surface area contributed by atoms with E-state index < -0.39 is 0 Å². The fraction of sp³-hybridized carbons (Fsp3) is 0.375. The van der Waals surface area contributed by atoms with Crippen LogP contribution < -0.4 is 5.32 Å². The first-order valence-corrected chi connectivity index (χ1v) is 8.49. The number of rotatable bonds is 7. The Morgan fingerprint density at radius 3 is 2.70 bits per heavy atom. The smallest absolute Gasteiger partial charge is 0.118 e. The van der Waals surface area contributed by atoms with Crippen molar-refractivity contribution in [2.75, 3.05) is 6.26 Å². The van der Waals surface area contributed by atoms with Crippen molar-refractivity contribution in [1.29, 1.82) is 0 Å². The van der Waals surface area contributed by atoms with Crippen LogP contribution in [-0.2, 0) is 18.7 Å². The molecule has 1 atom stereocenters. The van der Waals surface area contributed by atoms with Crippen LogP contribution in [-0.4, -0.2) is 12.3 Å². The summed E-state index contributed by atoms with van der Waals surface area (Å²) in [6.07, 6.45) is 2.99. The highest BCUT2D eigenvalue weighted by atomic mass is 35.5. The molecule has 0 aliphatic heterocycles. The summed E-state index contributed by atoms with van der Waals surface area (Å²) < 4.78 is 5.74. The van der Waals surface area contributed by atoms with Gasteiger partial charge in [-0.2, -0.15) is 11.8 Å². The second-order valence-corrected chi connectivity index (χ2v) is 6.15. The highest BCUT2D eigenvalue weighted by Gasteiger charge is 2.07. The van der Waals surface area contributed by atoms with Gasteiger partial charge in [-0.05, 0) is 43.4 Å². The van der Waals surface area contributed by atoms with Crippen molar-refractivity contribution in [2.45, 2.75) is 31.7 Å². The summed E-state index contributed by atoms with van der Waals surface area (Å²) >= 11 is 7.94. The van der Waals surface area contributed by atoms with Crippen molar-refractivity contribution >= 4 is 23.4 Å². The maximum absolute atomic E-state index is 6.17. The molecule has 1 N–H and O–H groups in total. The Bertz CT molecular complexity index is 541. The van der Waals surface area contributed by atoms with Crippen molar-refractivity contribution in [3.8, 4) is 0 Å². The molecule has 108 valence electrons. The predicted molar refractivity (Wildman–Crippen MR) is 87.4 cm³/mol. The molecule has 20 heavy (non-hydrogen) atoms. The molecular formula is C16H20ClNOS. The average Bonchev–Trinajstić information content (AvgIpc) is 2.87. The lowest BCUT2D eigenvalue weighted by atomic mass is 10.1. The lowest BCUT2D eigenvalue weighted by Crippen LogP contribution is -2.27. The van der Waals surface area contributed by atoms with Crippen molar-refractivity contribution in [2.24, 2.45) is 0 Å². The lowest BCUT2D eigenvalue weighted by molar-refractivity contribution is 0.437. The normalized spacial score (nSPS) is 12.6. The van der Waals surface area contributed by atoms with E-state index in [4.69, 9.17) is 16.0 Å². The van der Waals surface area contributed by atoms with Gasteiger partial charge in [0.05, 0.1) is 12.3 Å². The van der Waals surface area contributed by atoms with E-state index in [2.05, 4.69) is 24.6 Å². The maximum Gasteiger partial charge on any atom is 0.118 e. The fourth-order valence-corrected chi connectivity index (χ4v) is 2.73. The van der Waals surface area contributed by atoms with Crippen LogP contribution in [0.15, 0.2) is 40.8 Å². The number of furan rings is 1. The summed E-state index contributed by atoms with van der Waals surface area (Å²) in [5, 5.41) is 4.31. The third kappa shape index (κ3) is 4.58. The van der Waals surface area contributed by atoms with E-state index in [-0.39, 0.29) is 0 Å². The minimum Gasteiger partial charge on any atom is -0.464 e. The molecule has 1 aromatic carbocycles. The average molecular weight is 310 g/mol. The van der Waals surface area contributed by atoms with Gasteiger partial charge in [0.2, 0.25) is 0 Å². The Morgan fingerprint density at radius 1 is 1.20 bits per heavy atom. The quantitative estimate of drug-likeness (QED) is 0.814. The molecule has 0 bridgehead atoms. The van der Waals surface area contributed by atoms with Crippen LogP contribution in [0, 0.1) is 0 Å². The van der Waals surface area contributed by atoms with Gasteiger partial charge in [-0.25, -0.2) is 0 Å². The minimum absolute atomic E-state index is 0.351. The largest absolute Gasteiger partial charge is 0.464 e. The van der Waals surface area contributed by atoms with Gasteiger partial charge in [0.15, 0.2) is 0 Å². The number of hydrogen-bond donors (Lipinski definition) is 1. The molecule has 1 unspecified atom stereocenters. The SMILES string of the molecule is CSCc1ccc(CNC(C)Cc2ccccc2Cl)o1. The van der Waals surface area contributed by atoms with Crippen LogP contribution in [0.25, 0.3) is 0 Å². The number of hydrogen-bond acceptors (Lipinski definition) is 3. The molecule has 0 aliphatic rings. The van der Waals surface area contributed by atoms with Gasteiger partial charge in [0, 0.05) is 11.1 Å². The molecule has 0 aliphatic carbocycles. The molecule has 1 aromatic heterocycles. The zero-order chi connectivity index (χ0) is 14.4. The van der Waals surface area contributed by atoms with E-state index in [1.807, 2.05) is 30.3 Å². The van der Waals surface area contributed by atoms with Gasteiger partial charge in [-0.3, -0.25) is 0 Å². The van der Waals surface area contributed by atoms with Crippen LogP contribution >= 0.6 is 23.4 Å². The molecule has 0 radical (unpaired) electrons. The number of nitrogens with one attached hydrogen (secondary N) is 1. The van der Waals surface area contributed by atoms with Crippen LogP contribution in [0.5, 0.6) is 0 Å². The van der Waals surface area contributed by atoms with Gasteiger partial charge < -0.3 is 9.73 Å². The minimum atomic E-state index is 0.351. The zero-order valence-corrected chi connectivity index (χ0v) is 13.4. The molecule has 4 heteroatoms. The molecule has 2 rings (SSSR count). The van der Waals surface area contributed by atoms with Gasteiger partial charge in [-0.1, -0.05) is 29.8 Å². The van der Waals surface area contributed by atoms with E-state index in [1.54, 1.807) is 11.8 Å². The van der Waals surface area contributed by atoms with E-state index in [0.717, 1.165) is 35.3 Å². The van der Waals surface area contributed by atoms with E-state index in [1.165, 1.54) is 5.56 Å². The van der Waals surface area contributed by atoms with Crippen molar-refractivity contribution in [1.82, 2.24) is 5.32 Å². The summed E-state index contributed by atoms with van der Waals surface area (Å²) in [4.78, 5) is 0. The summed E-state index contributed by atoms with van der Waals surface area (Å²) in [6, 6.07) is 12.4. The van der Waals surface area contributed by atoms with Gasteiger partial charge in [0.25, 0.3) is 0 Å². The molecule has 1 heterocycles. The lowest BCUT2D eigenvalue weighted by Gasteiger charge is -2.13. The van der Waals surface area contributed by atoms with Gasteiger partial charge in [0.1, 0.15) is 11.5 Å². The Hall–Kier alpha value is -0.900. The highest BCUT2D eigenvalue weighted by Crippen LogP contribution is 2.17. The van der Waals surface area contributed by atoms with Crippen LogP contribution in [0.3, 0.4) is 0 Å². The Morgan fingerprint density at radius 2 is 1.95 bits per heavy atom. The maximum atomic E-state index is 6.17. The predicted octanol–water partition coefficient (Wildman–Crippen LogP) is 4.52. The standard InChI is InChI=1S/C16H20ClNOS/c1-12(9-13-5-3-4-6-16(13)17)18-10-14-7-8-15(19-14)11-20-2/h3-8,12,18H,9-11H2,1-2H3. The summed E-state index contributed by atoms with van der Waals surface area (Å²) in [6.45, 7) is 2.91. The molecule has 2 aromatic rings. The number of benzene rings is 1. The first kappa shape index (κ1) is 15.5. The van der Waals surface area contributed by atoms with E-state index in [9.17, 15) is 0 Å². The Labute approximate surface area is 129 Å². The van der Waals surface area contributed by atoms with E-state index >= 15 is 0 Å². The number of thioether (sulfide) groups is 1. The molecule has 0 fully saturated rings. The molecule has 2 nitrogen and oxygen atoms in total. The van der Waals surface area contributed by atoms with Crippen LogP contribution in [0.4, 0.5) is 0 Å². The Balaban J connectivity index is 1.82. The van der Waals surface area contributed by atoms with E-state index in [0.29, 0.717) is 6.04 Å². The van der Waals surface area contributed by atoms with Crippen molar-refractivity contribution < 1.29 is 4.42 Å². The fourth-order valence-electron chi connectivity index (χ4n) is 2.08. The number of halogens is 1. The van der Waals surface area contributed by atoms with Gasteiger partial charge >= 0.3 is 0 Å². The third-order valence-corrected chi connectivity index (χ3v) is 4.05. The van der Waals surface area contributed by atoms with Crippen LogP contribution in [0.1, 0.15) is 24.0 Å². The topological polar surface area (TPSA) is 25.2 Å². The summed E-state index contributed by atoms with van der Waals surface area (Å²) in [5.41, 5.74) is 1.18. The molecule has 0 saturated heterocycles. The Kier molecular flexibility index (Phi) is 6.02. The zero-order valence-electron chi connectivity index (χ0n) is 11.9. The van der Waals surface area contributed by atoms with Crippen molar-refractivity contribution in [3.63, 3.8) is 0 Å². The molecule has 0 spiro atoms. The molecular weight excluding hydrogens is 290 g/mol. The third-order valence-electron chi connectivity index (χ3n) is 3.11. The first-order chi connectivity index (χ1) is 9.69. The second kappa shape index (κ2) is 7.77. The van der Waals surface area contributed by atoms with Gasteiger partial charge in [-0.15, -0.1) is 0 Å². The second-order valence-electron chi connectivity index (χ2n) is 4.88. The van der Waals surface area contributed by atoms with Crippen LogP contribution in [0.2, 0.25) is 5.02 Å². The molecule has 0 amide bonds. The monoisotopic (exact) mass is 309 g/mol. The summed E-state index contributed by atoms with van der Waals surface area (Å²) in [5.74, 6) is 2.95. The highest BCUT2D eigenvalue weighted by molar-refractivity contribution is 7.97. The molecule has 0 saturated carbocycles. The summed E-state index contributed by atoms with van der Waals surface area (Å²) in [7, 11) is 0. The van der Waals surface area contributed by atoms with Crippen molar-refractivity contribution in [3.05, 3.63) is 58.5 Å².